The number of imidazole rings is 1. The van der Waals surface area contributed by atoms with Crippen LogP contribution in [0.2, 0.25) is 0 Å². The van der Waals surface area contributed by atoms with E-state index in [4.69, 9.17) is 0 Å². The highest BCUT2D eigenvalue weighted by Crippen LogP contribution is 2.21. The third-order valence-electron chi connectivity index (χ3n) is 4.33. The first-order chi connectivity index (χ1) is 14.0. The average molecular weight is 387 g/mol. The molecule has 2 aromatic carbocycles. The molecule has 29 heavy (non-hydrogen) atoms. The number of amides is 1. The van der Waals surface area contributed by atoms with Crippen molar-refractivity contribution in [2.75, 3.05) is 29.6 Å². The molecule has 2 heterocycles. The van der Waals surface area contributed by atoms with E-state index in [0.29, 0.717) is 17.2 Å². The van der Waals surface area contributed by atoms with Gasteiger partial charge >= 0.3 is 0 Å². The lowest BCUT2D eigenvalue weighted by Crippen LogP contribution is -2.12. The quantitative estimate of drug-likeness (QED) is 0.483. The van der Waals surface area contributed by atoms with Gasteiger partial charge in [-0.15, -0.1) is 0 Å². The molecule has 1 amide bonds. The number of fused-ring (bicyclic) bond motifs is 1. The van der Waals surface area contributed by atoms with Gasteiger partial charge in [-0.3, -0.25) is 4.79 Å². The lowest BCUT2D eigenvalue weighted by molar-refractivity contribution is 0.102. The molecule has 0 aliphatic heterocycles. The SMILES string of the molecule is Cc1ccnc(Nc2cccc(C(=O)Nc3ccc4nc(N(C)C)[nH]c4c3)c2)n1. The molecule has 0 aliphatic rings. The Balaban J connectivity index is 1.51. The monoisotopic (exact) mass is 387 g/mol. The molecular weight excluding hydrogens is 366 g/mol. The fraction of sp³-hybridized carbons (Fsp3) is 0.143. The van der Waals surface area contributed by atoms with Crippen molar-refractivity contribution in [2.24, 2.45) is 0 Å². The first kappa shape index (κ1) is 18.4. The van der Waals surface area contributed by atoms with Gasteiger partial charge in [-0.1, -0.05) is 6.07 Å². The summed E-state index contributed by atoms with van der Waals surface area (Å²) in [4.78, 5) is 30.8. The van der Waals surface area contributed by atoms with E-state index in [1.54, 1.807) is 18.3 Å². The number of nitrogens with zero attached hydrogens (tertiary/aromatic N) is 4. The van der Waals surface area contributed by atoms with Gasteiger partial charge in [0.1, 0.15) is 0 Å². The number of benzene rings is 2. The molecule has 0 fully saturated rings. The largest absolute Gasteiger partial charge is 0.349 e. The van der Waals surface area contributed by atoms with Gasteiger partial charge in [0.2, 0.25) is 11.9 Å². The van der Waals surface area contributed by atoms with Crippen LogP contribution >= 0.6 is 0 Å². The molecule has 0 bridgehead atoms. The Morgan fingerprint density at radius 2 is 1.90 bits per heavy atom. The highest BCUT2D eigenvalue weighted by molar-refractivity contribution is 6.05. The van der Waals surface area contributed by atoms with Crippen LogP contribution in [0.5, 0.6) is 0 Å². The van der Waals surface area contributed by atoms with Crippen LogP contribution in [0.15, 0.2) is 54.7 Å². The Bertz CT molecular complexity index is 1180. The number of aromatic amines is 1. The number of aromatic nitrogens is 4. The van der Waals surface area contributed by atoms with Crippen molar-refractivity contribution in [1.82, 2.24) is 19.9 Å². The normalized spacial score (nSPS) is 10.7. The predicted octanol–water partition coefficient (Wildman–Crippen LogP) is 3.72. The van der Waals surface area contributed by atoms with Crippen molar-refractivity contribution in [2.45, 2.75) is 6.92 Å². The van der Waals surface area contributed by atoms with Crippen molar-refractivity contribution in [3.63, 3.8) is 0 Å². The maximum atomic E-state index is 12.7. The van der Waals surface area contributed by atoms with Crippen LogP contribution in [0, 0.1) is 6.92 Å². The summed E-state index contributed by atoms with van der Waals surface area (Å²) >= 11 is 0. The Hall–Kier alpha value is -3.94. The van der Waals surface area contributed by atoms with E-state index >= 15 is 0 Å². The van der Waals surface area contributed by atoms with Crippen molar-refractivity contribution in [1.29, 1.82) is 0 Å². The van der Waals surface area contributed by atoms with Crippen molar-refractivity contribution >= 4 is 40.2 Å². The maximum Gasteiger partial charge on any atom is 0.255 e. The van der Waals surface area contributed by atoms with Gasteiger partial charge in [0.05, 0.1) is 11.0 Å². The topological polar surface area (TPSA) is 98.8 Å². The molecule has 0 saturated carbocycles. The number of nitrogens with one attached hydrogen (secondary N) is 3. The lowest BCUT2D eigenvalue weighted by Gasteiger charge is -2.08. The molecule has 0 spiro atoms. The van der Waals surface area contributed by atoms with Crippen molar-refractivity contribution < 1.29 is 4.79 Å². The highest BCUT2D eigenvalue weighted by atomic mass is 16.1. The van der Waals surface area contributed by atoms with E-state index in [-0.39, 0.29) is 5.91 Å². The first-order valence-corrected chi connectivity index (χ1v) is 9.13. The van der Waals surface area contributed by atoms with Crippen LogP contribution in [0.4, 0.5) is 23.3 Å². The van der Waals surface area contributed by atoms with Crippen molar-refractivity contribution in [3.05, 3.63) is 66.0 Å². The number of carbonyl (C=O) groups excluding carboxylic acids is 1. The Morgan fingerprint density at radius 3 is 2.69 bits per heavy atom. The summed E-state index contributed by atoms with van der Waals surface area (Å²) in [7, 11) is 3.84. The molecule has 0 radical (unpaired) electrons. The van der Waals surface area contributed by atoms with E-state index < -0.39 is 0 Å². The smallest absolute Gasteiger partial charge is 0.255 e. The number of carbonyl (C=O) groups is 1. The predicted molar refractivity (Wildman–Crippen MR) is 115 cm³/mol. The number of hydrogen-bond acceptors (Lipinski definition) is 6. The zero-order chi connectivity index (χ0) is 20.4. The zero-order valence-corrected chi connectivity index (χ0v) is 16.4. The van der Waals surface area contributed by atoms with Crippen LogP contribution in [0.1, 0.15) is 16.1 Å². The van der Waals surface area contributed by atoms with Gasteiger partial charge in [0.15, 0.2) is 0 Å². The van der Waals surface area contributed by atoms with E-state index in [1.165, 1.54) is 0 Å². The van der Waals surface area contributed by atoms with Crippen molar-refractivity contribution in [3.8, 4) is 0 Å². The fourth-order valence-electron chi connectivity index (χ4n) is 2.87. The minimum absolute atomic E-state index is 0.203. The molecule has 146 valence electrons. The zero-order valence-electron chi connectivity index (χ0n) is 16.4. The van der Waals surface area contributed by atoms with Gasteiger partial charge in [0, 0.05) is 42.9 Å². The van der Waals surface area contributed by atoms with E-state index in [2.05, 4.69) is 30.6 Å². The molecule has 3 N–H and O–H groups in total. The third kappa shape index (κ3) is 4.16. The van der Waals surface area contributed by atoms with Gasteiger partial charge in [-0.25, -0.2) is 15.0 Å². The van der Waals surface area contributed by atoms with Gasteiger partial charge in [-0.05, 0) is 49.4 Å². The number of hydrogen-bond donors (Lipinski definition) is 3. The summed E-state index contributed by atoms with van der Waals surface area (Å²) in [5, 5.41) is 6.05. The molecule has 2 aromatic heterocycles. The second-order valence-electron chi connectivity index (χ2n) is 6.87. The summed E-state index contributed by atoms with van der Waals surface area (Å²) in [6.45, 7) is 1.90. The second kappa shape index (κ2) is 7.59. The molecule has 0 aliphatic carbocycles. The lowest BCUT2D eigenvalue weighted by atomic mass is 10.2. The molecular formula is C21H21N7O. The first-order valence-electron chi connectivity index (χ1n) is 9.13. The summed E-state index contributed by atoms with van der Waals surface area (Å²) in [5.41, 5.74) is 4.53. The Kier molecular flexibility index (Phi) is 4.82. The fourth-order valence-corrected chi connectivity index (χ4v) is 2.87. The minimum Gasteiger partial charge on any atom is -0.349 e. The Morgan fingerprint density at radius 1 is 1.03 bits per heavy atom. The molecule has 4 rings (SSSR count). The van der Waals surface area contributed by atoms with Gasteiger partial charge in [-0.2, -0.15) is 0 Å². The highest BCUT2D eigenvalue weighted by Gasteiger charge is 2.10. The number of H-pyrrole nitrogens is 1. The molecule has 4 aromatic rings. The van der Waals surface area contributed by atoms with Crippen LogP contribution in [-0.2, 0) is 0 Å². The van der Waals surface area contributed by atoms with E-state index in [0.717, 1.165) is 28.4 Å². The number of aryl methyl sites for hydroxylation is 1. The maximum absolute atomic E-state index is 12.7. The molecule has 0 unspecified atom stereocenters. The standard InChI is InChI=1S/C21H21N7O/c1-13-9-10-22-20(23-13)25-15-6-4-5-14(11-15)19(29)24-16-7-8-17-18(12-16)27-21(26-17)28(2)3/h4-12H,1-3H3,(H,24,29)(H,26,27)(H,22,23,25). The average Bonchev–Trinajstić information content (AvgIpc) is 3.12. The second-order valence-corrected chi connectivity index (χ2v) is 6.87. The molecule has 8 heteroatoms. The van der Waals surface area contributed by atoms with E-state index in [1.807, 2.05) is 62.3 Å². The van der Waals surface area contributed by atoms with Gasteiger partial charge in [0.25, 0.3) is 5.91 Å². The van der Waals surface area contributed by atoms with Crippen LogP contribution in [0.25, 0.3) is 11.0 Å². The molecule has 0 saturated heterocycles. The molecule has 0 atom stereocenters. The summed E-state index contributed by atoms with van der Waals surface area (Å²) < 4.78 is 0. The van der Waals surface area contributed by atoms with Gasteiger partial charge < -0.3 is 20.5 Å². The molecule has 8 nitrogen and oxygen atoms in total. The summed E-state index contributed by atoms with van der Waals surface area (Å²) in [6, 6.07) is 14.6. The number of rotatable bonds is 5. The number of anilines is 4. The summed E-state index contributed by atoms with van der Waals surface area (Å²) in [5.74, 6) is 1.05. The van der Waals surface area contributed by atoms with E-state index in [9.17, 15) is 4.79 Å². The summed E-state index contributed by atoms with van der Waals surface area (Å²) in [6.07, 6.45) is 1.69. The van der Waals surface area contributed by atoms with Crippen LogP contribution < -0.4 is 15.5 Å². The van der Waals surface area contributed by atoms with Crippen LogP contribution in [-0.4, -0.2) is 39.9 Å². The third-order valence-corrected chi connectivity index (χ3v) is 4.33. The Labute approximate surface area is 168 Å². The van der Waals surface area contributed by atoms with Crippen LogP contribution in [0.3, 0.4) is 0 Å². The minimum atomic E-state index is -0.203.